The molecular weight excluding hydrogens is 733 g/mol. The smallest absolute Gasteiger partial charge is 0.164 e. The fourth-order valence-corrected chi connectivity index (χ4v) is 8.86. The minimum Gasteiger partial charge on any atom is -0.455 e. The first-order valence-electron chi connectivity index (χ1n) is 20.2. The molecule has 0 atom stereocenters. The van der Waals surface area contributed by atoms with Crippen LogP contribution in [-0.2, 0) is 0 Å². The molecule has 5 heteroatoms. The van der Waals surface area contributed by atoms with Gasteiger partial charge in [0, 0.05) is 55.0 Å². The molecule has 0 radical (unpaired) electrons. The molecule has 0 bridgehead atoms. The Hall–Kier alpha value is -8.15. The van der Waals surface area contributed by atoms with Crippen LogP contribution < -0.4 is 0 Å². The minimum absolute atomic E-state index is 0.603. The molecule has 0 unspecified atom stereocenters. The second kappa shape index (κ2) is 13.8. The van der Waals surface area contributed by atoms with Crippen LogP contribution in [0.4, 0.5) is 0 Å². The monoisotopic (exact) mass is 766 g/mol. The van der Waals surface area contributed by atoms with Gasteiger partial charge >= 0.3 is 0 Å². The van der Waals surface area contributed by atoms with Crippen LogP contribution in [0, 0.1) is 0 Å². The van der Waals surface area contributed by atoms with E-state index in [2.05, 4.69) is 162 Å². The van der Waals surface area contributed by atoms with Crippen molar-refractivity contribution >= 4 is 54.5 Å². The van der Waals surface area contributed by atoms with Crippen LogP contribution in [0.3, 0.4) is 0 Å². The summed E-state index contributed by atoms with van der Waals surface area (Å²) in [5, 5.41) is 7.00. The maximum Gasteiger partial charge on any atom is 0.164 e. The molecule has 0 spiro atoms. The number of rotatable bonds is 6. The third-order valence-corrected chi connectivity index (χ3v) is 11.7. The van der Waals surface area contributed by atoms with E-state index in [-0.39, 0.29) is 0 Å². The number of nitrogens with zero attached hydrogens (tertiary/aromatic N) is 4. The van der Waals surface area contributed by atoms with E-state index in [1.54, 1.807) is 0 Å². The quantitative estimate of drug-likeness (QED) is 0.169. The first kappa shape index (κ1) is 33.9. The van der Waals surface area contributed by atoms with Crippen LogP contribution >= 0.6 is 0 Å². The summed E-state index contributed by atoms with van der Waals surface area (Å²) in [7, 11) is 0. The maximum atomic E-state index is 6.65. The number of para-hydroxylation sites is 3. The lowest BCUT2D eigenvalue weighted by Gasteiger charge is -2.14. The molecule has 0 N–H and O–H groups in total. The molecule has 0 saturated heterocycles. The Morgan fingerprint density at radius 3 is 1.70 bits per heavy atom. The Labute approximate surface area is 345 Å². The molecule has 0 saturated carbocycles. The Kier molecular flexibility index (Phi) is 7.78. The van der Waals surface area contributed by atoms with Gasteiger partial charge in [0.2, 0.25) is 0 Å². The van der Waals surface area contributed by atoms with Crippen molar-refractivity contribution in [3.8, 4) is 62.1 Å². The maximum absolute atomic E-state index is 6.65. The van der Waals surface area contributed by atoms with E-state index in [4.69, 9.17) is 19.4 Å². The zero-order valence-electron chi connectivity index (χ0n) is 32.3. The fraction of sp³-hybridized carbons (Fsp3) is 0. The highest BCUT2D eigenvalue weighted by molar-refractivity contribution is 6.24. The number of hydrogen-bond acceptors (Lipinski definition) is 4. The summed E-state index contributed by atoms with van der Waals surface area (Å²) in [6.45, 7) is 0. The number of benzene rings is 9. The Balaban J connectivity index is 1.08. The summed E-state index contributed by atoms with van der Waals surface area (Å²) < 4.78 is 9.05. The zero-order chi connectivity index (χ0) is 39.6. The molecule has 9 aromatic carbocycles. The molecule has 3 aromatic heterocycles. The van der Waals surface area contributed by atoms with Crippen LogP contribution in [0.5, 0.6) is 0 Å². The highest BCUT2D eigenvalue weighted by Gasteiger charge is 2.22. The number of hydrogen-bond donors (Lipinski definition) is 0. The van der Waals surface area contributed by atoms with Crippen LogP contribution in [0.15, 0.2) is 211 Å². The average molecular weight is 767 g/mol. The zero-order valence-corrected chi connectivity index (χ0v) is 32.3. The highest BCUT2D eigenvalue weighted by atomic mass is 16.3. The standard InChI is InChI=1S/C55H34N4O/c1-3-14-35(15-4-1)36-28-30-39(31-29-36)54-56-53(38-17-5-2-6-18-38)57-55(58-54)40-19-11-20-41(34-40)59-48-33-32-37-16-7-8-21-42(37)50(48)47-26-12-23-44(51(47)59)46-25-13-24-45-43-22-9-10-27-49(43)60-52(45)46/h1-34H. The van der Waals surface area contributed by atoms with Crippen molar-refractivity contribution in [3.05, 3.63) is 206 Å². The average Bonchev–Trinajstić information content (AvgIpc) is 3.89. The SMILES string of the molecule is c1ccc(-c2ccc(-c3nc(-c4ccccc4)nc(-c4cccc(-n5c6ccc7ccccc7c6c6cccc(-c7cccc8c7oc7ccccc78)c65)c4)n3)cc2)cc1. The predicted molar refractivity (Wildman–Crippen MR) is 246 cm³/mol. The number of furan rings is 1. The molecule has 12 aromatic rings. The summed E-state index contributed by atoms with van der Waals surface area (Å²) in [4.78, 5) is 15.3. The number of fused-ring (bicyclic) bond motifs is 8. The highest BCUT2D eigenvalue weighted by Crippen LogP contribution is 2.44. The molecule has 60 heavy (non-hydrogen) atoms. The van der Waals surface area contributed by atoms with Crippen molar-refractivity contribution in [1.29, 1.82) is 0 Å². The van der Waals surface area contributed by atoms with Crippen molar-refractivity contribution < 1.29 is 4.42 Å². The van der Waals surface area contributed by atoms with Crippen LogP contribution in [-0.4, -0.2) is 19.5 Å². The van der Waals surface area contributed by atoms with E-state index >= 15 is 0 Å². The second-order valence-electron chi connectivity index (χ2n) is 15.2. The molecule has 0 fully saturated rings. The van der Waals surface area contributed by atoms with Gasteiger partial charge in [-0.05, 0) is 46.2 Å². The summed E-state index contributed by atoms with van der Waals surface area (Å²) >= 11 is 0. The lowest BCUT2D eigenvalue weighted by atomic mass is 9.98. The Morgan fingerprint density at radius 2 is 0.917 bits per heavy atom. The molecule has 12 rings (SSSR count). The molecule has 5 nitrogen and oxygen atoms in total. The lowest BCUT2D eigenvalue weighted by Crippen LogP contribution is -2.01. The summed E-state index contributed by atoms with van der Waals surface area (Å²) in [5.41, 5.74) is 12.2. The molecule has 0 amide bonds. The van der Waals surface area contributed by atoms with Gasteiger partial charge in [-0.25, -0.2) is 15.0 Å². The van der Waals surface area contributed by atoms with Gasteiger partial charge in [0.1, 0.15) is 11.2 Å². The normalized spacial score (nSPS) is 11.7. The lowest BCUT2D eigenvalue weighted by molar-refractivity contribution is 0.670. The van der Waals surface area contributed by atoms with Gasteiger partial charge in [0.15, 0.2) is 17.5 Å². The van der Waals surface area contributed by atoms with Crippen LogP contribution in [0.2, 0.25) is 0 Å². The van der Waals surface area contributed by atoms with E-state index in [0.29, 0.717) is 17.5 Å². The van der Waals surface area contributed by atoms with Crippen molar-refractivity contribution in [2.45, 2.75) is 0 Å². The molecular formula is C55H34N4O. The first-order chi connectivity index (χ1) is 29.7. The molecule has 280 valence electrons. The van der Waals surface area contributed by atoms with Gasteiger partial charge < -0.3 is 8.98 Å². The van der Waals surface area contributed by atoms with Gasteiger partial charge in [-0.3, -0.25) is 0 Å². The first-order valence-corrected chi connectivity index (χ1v) is 20.2. The van der Waals surface area contributed by atoms with Crippen molar-refractivity contribution in [1.82, 2.24) is 19.5 Å². The third kappa shape index (κ3) is 5.52. The van der Waals surface area contributed by atoms with E-state index in [1.807, 2.05) is 48.5 Å². The molecule has 3 heterocycles. The van der Waals surface area contributed by atoms with E-state index in [0.717, 1.165) is 77.6 Å². The van der Waals surface area contributed by atoms with Crippen molar-refractivity contribution in [3.63, 3.8) is 0 Å². The molecule has 0 aliphatic carbocycles. The van der Waals surface area contributed by atoms with Gasteiger partial charge in [-0.1, -0.05) is 182 Å². The molecule has 0 aliphatic heterocycles. The number of aromatic nitrogens is 4. The van der Waals surface area contributed by atoms with Gasteiger partial charge in [0.05, 0.1) is 11.0 Å². The Bertz CT molecular complexity index is 3590. The predicted octanol–water partition coefficient (Wildman–Crippen LogP) is 14.4. The van der Waals surface area contributed by atoms with Crippen LogP contribution in [0.25, 0.3) is 117 Å². The van der Waals surface area contributed by atoms with E-state index in [9.17, 15) is 0 Å². The summed E-state index contributed by atoms with van der Waals surface area (Å²) in [6, 6.07) is 72.1. The minimum atomic E-state index is 0.603. The molecule has 0 aliphatic rings. The van der Waals surface area contributed by atoms with Gasteiger partial charge in [0.25, 0.3) is 0 Å². The summed E-state index contributed by atoms with van der Waals surface area (Å²) in [5.74, 6) is 1.84. The summed E-state index contributed by atoms with van der Waals surface area (Å²) in [6.07, 6.45) is 0. The fourth-order valence-electron chi connectivity index (χ4n) is 8.86. The van der Waals surface area contributed by atoms with Gasteiger partial charge in [-0.15, -0.1) is 0 Å². The van der Waals surface area contributed by atoms with Gasteiger partial charge in [-0.2, -0.15) is 0 Å². The topological polar surface area (TPSA) is 56.7 Å². The second-order valence-corrected chi connectivity index (χ2v) is 15.2. The largest absolute Gasteiger partial charge is 0.455 e. The third-order valence-electron chi connectivity index (χ3n) is 11.7. The van der Waals surface area contributed by atoms with E-state index in [1.165, 1.54) is 21.5 Å². The Morgan fingerprint density at radius 1 is 0.367 bits per heavy atom. The van der Waals surface area contributed by atoms with Crippen molar-refractivity contribution in [2.24, 2.45) is 0 Å². The van der Waals surface area contributed by atoms with Crippen molar-refractivity contribution in [2.75, 3.05) is 0 Å². The van der Waals surface area contributed by atoms with E-state index < -0.39 is 0 Å². The van der Waals surface area contributed by atoms with Crippen LogP contribution in [0.1, 0.15) is 0 Å².